The van der Waals surface area contributed by atoms with E-state index in [4.69, 9.17) is 10.4 Å². The summed E-state index contributed by atoms with van der Waals surface area (Å²) in [6.45, 7) is 0.690. The quantitative estimate of drug-likeness (QED) is 0.634. The molecule has 1 saturated heterocycles. The Labute approximate surface area is 152 Å². The number of rotatable bonds is 5. The number of likely N-dealkylation sites (tertiary alicyclic amines) is 1. The lowest BCUT2D eigenvalue weighted by Gasteiger charge is -2.30. The Morgan fingerprint density at radius 1 is 1.42 bits per heavy atom. The Bertz CT molecular complexity index is 834. The van der Waals surface area contributed by atoms with E-state index in [-0.39, 0.29) is 30.0 Å². The third kappa shape index (κ3) is 3.73. The number of amides is 1. The molecule has 0 unspecified atom stereocenters. The van der Waals surface area contributed by atoms with Gasteiger partial charge in [0.1, 0.15) is 6.04 Å². The number of hydrogen-bond donors (Lipinski definition) is 3. The Hall–Kier alpha value is -1.99. The lowest BCUT2D eigenvalue weighted by Crippen LogP contribution is -2.50. The first-order valence-electron chi connectivity index (χ1n) is 8.62. The van der Waals surface area contributed by atoms with Crippen LogP contribution >= 0.6 is 0 Å². The summed E-state index contributed by atoms with van der Waals surface area (Å²) in [5, 5.41) is 21.1. The molecule has 2 aliphatic heterocycles. The maximum Gasteiger partial charge on any atom is 0.241 e. The smallest absolute Gasteiger partial charge is 0.241 e. The molecule has 8 nitrogen and oxygen atoms in total. The highest BCUT2D eigenvalue weighted by atomic mass is 32.2. The van der Waals surface area contributed by atoms with Crippen LogP contribution in [0.5, 0.6) is 0 Å². The monoisotopic (exact) mass is 378 g/mol. The fourth-order valence-electron chi connectivity index (χ4n) is 3.46. The second kappa shape index (κ2) is 7.72. The molecule has 3 N–H and O–H groups in total. The Morgan fingerprint density at radius 3 is 2.96 bits per heavy atom. The van der Waals surface area contributed by atoms with Crippen LogP contribution in [0.15, 0.2) is 23.1 Å². The Morgan fingerprint density at radius 2 is 2.23 bits per heavy atom. The van der Waals surface area contributed by atoms with Gasteiger partial charge in [-0.05, 0) is 42.5 Å². The molecule has 2 atom stereocenters. The van der Waals surface area contributed by atoms with Crippen LogP contribution in [0.3, 0.4) is 0 Å². The molecular weight excluding hydrogens is 356 g/mol. The van der Waals surface area contributed by atoms with Gasteiger partial charge in [-0.3, -0.25) is 4.79 Å². The average Bonchev–Trinajstić information content (AvgIpc) is 3.13. The van der Waals surface area contributed by atoms with E-state index in [0.717, 1.165) is 17.5 Å². The summed E-state index contributed by atoms with van der Waals surface area (Å²) < 4.78 is 26.6. The number of nitrogens with one attached hydrogen (secondary N) is 2. The maximum atomic E-state index is 12.7. The molecule has 2 heterocycles. The molecule has 0 radical (unpaired) electrons. The minimum Gasteiger partial charge on any atom is -0.395 e. The fourth-order valence-corrected chi connectivity index (χ4v) is 4.53. The number of hydrogen-bond acceptors (Lipinski definition) is 6. The SMILES string of the molecule is N#C[C@@H]1CCCN1C(=O)[C@@H]1Cc2ccc(S(=O)(=O)NCCO)cc2CN1. The van der Waals surface area contributed by atoms with E-state index in [0.29, 0.717) is 25.9 Å². The van der Waals surface area contributed by atoms with Gasteiger partial charge in [-0.15, -0.1) is 0 Å². The molecule has 9 heteroatoms. The minimum absolute atomic E-state index is 0.0376. The summed E-state index contributed by atoms with van der Waals surface area (Å²) in [6, 6.07) is 6.27. The van der Waals surface area contributed by atoms with E-state index in [9.17, 15) is 13.2 Å². The van der Waals surface area contributed by atoms with E-state index in [2.05, 4.69) is 16.1 Å². The van der Waals surface area contributed by atoms with Crippen molar-refractivity contribution in [3.8, 4) is 6.07 Å². The number of nitriles is 1. The van der Waals surface area contributed by atoms with Crippen LogP contribution in [0.1, 0.15) is 24.0 Å². The summed E-state index contributed by atoms with van der Waals surface area (Å²) >= 11 is 0. The third-order valence-electron chi connectivity index (χ3n) is 4.84. The molecule has 140 valence electrons. The molecule has 1 aromatic rings. The molecule has 0 saturated carbocycles. The van der Waals surface area contributed by atoms with Crippen molar-refractivity contribution < 1.29 is 18.3 Å². The highest BCUT2D eigenvalue weighted by molar-refractivity contribution is 7.89. The van der Waals surface area contributed by atoms with Gasteiger partial charge >= 0.3 is 0 Å². The number of carbonyl (C=O) groups excluding carboxylic acids is 1. The summed E-state index contributed by atoms with van der Waals surface area (Å²) in [5.74, 6) is -0.0685. The van der Waals surface area contributed by atoms with E-state index in [1.807, 2.05) is 0 Å². The summed E-state index contributed by atoms with van der Waals surface area (Å²) in [5.41, 5.74) is 1.76. The van der Waals surface area contributed by atoms with Crippen molar-refractivity contribution in [3.05, 3.63) is 29.3 Å². The zero-order valence-corrected chi connectivity index (χ0v) is 15.1. The molecule has 0 spiro atoms. The van der Waals surface area contributed by atoms with Crippen molar-refractivity contribution in [2.24, 2.45) is 0 Å². The Balaban J connectivity index is 1.74. The van der Waals surface area contributed by atoms with Crippen molar-refractivity contribution in [3.63, 3.8) is 0 Å². The normalized spacial score (nSPS) is 22.7. The van der Waals surface area contributed by atoms with Crippen LogP contribution in [0.4, 0.5) is 0 Å². The second-order valence-corrected chi connectivity index (χ2v) is 8.28. The highest BCUT2D eigenvalue weighted by Gasteiger charge is 2.34. The molecule has 1 fully saturated rings. The lowest BCUT2D eigenvalue weighted by atomic mass is 9.95. The topological polar surface area (TPSA) is 123 Å². The summed E-state index contributed by atoms with van der Waals surface area (Å²) in [6.07, 6.45) is 2.02. The molecular formula is C17H22N4O4S. The molecule has 0 bridgehead atoms. The van der Waals surface area contributed by atoms with Gasteiger partial charge in [-0.2, -0.15) is 5.26 Å². The zero-order chi connectivity index (χ0) is 18.7. The fraction of sp³-hybridized carbons (Fsp3) is 0.529. The molecule has 0 aromatic heterocycles. The van der Waals surface area contributed by atoms with E-state index in [1.165, 1.54) is 6.07 Å². The van der Waals surface area contributed by atoms with Crippen LogP contribution in [0.25, 0.3) is 0 Å². The molecule has 3 rings (SSSR count). The largest absolute Gasteiger partial charge is 0.395 e. The molecule has 1 amide bonds. The number of aliphatic hydroxyl groups excluding tert-OH is 1. The van der Waals surface area contributed by atoms with Crippen LogP contribution in [-0.4, -0.2) is 56.1 Å². The molecule has 2 aliphatic rings. The molecule has 26 heavy (non-hydrogen) atoms. The number of carbonyl (C=O) groups is 1. The van der Waals surface area contributed by atoms with Gasteiger partial charge in [0.15, 0.2) is 0 Å². The van der Waals surface area contributed by atoms with E-state index >= 15 is 0 Å². The highest BCUT2D eigenvalue weighted by Crippen LogP contribution is 2.24. The number of benzene rings is 1. The van der Waals surface area contributed by atoms with E-state index in [1.54, 1.807) is 17.0 Å². The van der Waals surface area contributed by atoms with Crippen LogP contribution in [-0.2, 0) is 27.8 Å². The minimum atomic E-state index is -3.66. The van der Waals surface area contributed by atoms with Gasteiger partial charge in [-0.1, -0.05) is 6.07 Å². The predicted molar refractivity (Wildman–Crippen MR) is 93.4 cm³/mol. The number of sulfonamides is 1. The van der Waals surface area contributed by atoms with Crippen molar-refractivity contribution in [2.45, 2.75) is 42.8 Å². The average molecular weight is 378 g/mol. The number of aliphatic hydroxyl groups is 1. The van der Waals surface area contributed by atoms with Crippen LogP contribution in [0, 0.1) is 11.3 Å². The first kappa shape index (κ1) is 18.8. The van der Waals surface area contributed by atoms with Gasteiger partial charge in [-0.25, -0.2) is 13.1 Å². The lowest BCUT2D eigenvalue weighted by molar-refractivity contribution is -0.133. The van der Waals surface area contributed by atoms with Gasteiger partial charge < -0.3 is 15.3 Å². The molecule has 1 aromatic carbocycles. The van der Waals surface area contributed by atoms with Gasteiger partial charge in [0.2, 0.25) is 15.9 Å². The van der Waals surface area contributed by atoms with Crippen molar-refractivity contribution in [1.29, 1.82) is 5.26 Å². The van der Waals surface area contributed by atoms with Gasteiger partial charge in [0, 0.05) is 19.6 Å². The maximum absolute atomic E-state index is 12.7. The summed E-state index contributed by atoms with van der Waals surface area (Å²) in [4.78, 5) is 14.5. The third-order valence-corrected chi connectivity index (χ3v) is 6.30. The standard InChI is InChI=1S/C17H22N4O4S/c18-10-14-2-1-6-21(14)17(23)16-9-12-3-4-15(8-13(12)11-19-16)26(24,25)20-5-7-22/h3-4,8,14,16,19-20,22H,1-2,5-7,9,11H2/t14-,16-/m0/s1. The van der Waals surface area contributed by atoms with Crippen LogP contribution < -0.4 is 10.0 Å². The number of fused-ring (bicyclic) bond motifs is 1. The first-order valence-corrected chi connectivity index (χ1v) is 10.1. The predicted octanol–water partition coefficient (Wildman–Crippen LogP) is -0.514. The number of nitrogens with zero attached hydrogens (tertiary/aromatic N) is 2. The summed E-state index contributed by atoms with van der Waals surface area (Å²) in [7, 11) is -3.66. The van der Waals surface area contributed by atoms with Crippen molar-refractivity contribution >= 4 is 15.9 Å². The Kier molecular flexibility index (Phi) is 5.58. The van der Waals surface area contributed by atoms with Crippen molar-refractivity contribution in [2.75, 3.05) is 19.7 Å². The van der Waals surface area contributed by atoms with Gasteiger partial charge in [0.25, 0.3) is 0 Å². The second-order valence-electron chi connectivity index (χ2n) is 6.51. The zero-order valence-electron chi connectivity index (χ0n) is 14.3. The van der Waals surface area contributed by atoms with Gasteiger partial charge in [0.05, 0.1) is 23.6 Å². The first-order chi connectivity index (χ1) is 12.5. The van der Waals surface area contributed by atoms with Crippen molar-refractivity contribution in [1.82, 2.24) is 14.9 Å². The molecule has 0 aliphatic carbocycles. The van der Waals surface area contributed by atoms with Crippen LogP contribution in [0.2, 0.25) is 0 Å². The van der Waals surface area contributed by atoms with E-state index < -0.39 is 16.1 Å².